The lowest BCUT2D eigenvalue weighted by molar-refractivity contribution is 0.516. The fourth-order valence-corrected chi connectivity index (χ4v) is 13.3. The molecule has 1 aliphatic rings. The summed E-state index contributed by atoms with van der Waals surface area (Å²) < 4.78 is 0. The van der Waals surface area contributed by atoms with E-state index in [1.165, 1.54) is 54.5 Å². The summed E-state index contributed by atoms with van der Waals surface area (Å²) in [6, 6.07) is 23.5. The van der Waals surface area contributed by atoms with Gasteiger partial charge in [0.25, 0.3) is 0 Å². The highest BCUT2D eigenvalue weighted by Gasteiger charge is 2.48. The van der Waals surface area contributed by atoms with E-state index in [1.807, 2.05) is 0 Å². The number of allylic oxidation sites excluding steroid dienone is 4. The summed E-state index contributed by atoms with van der Waals surface area (Å²) in [5.74, 6) is 0. The third kappa shape index (κ3) is 8.51. The molecule has 0 amide bonds. The van der Waals surface area contributed by atoms with Crippen LogP contribution in [0.4, 0.5) is 0 Å². The van der Waals surface area contributed by atoms with Crippen LogP contribution in [0.15, 0.2) is 77.5 Å². The van der Waals surface area contributed by atoms with Crippen molar-refractivity contribution in [2.45, 2.75) is 184 Å². The molecule has 0 radical (unpaired) electrons. The molecule has 0 heterocycles. The van der Waals surface area contributed by atoms with Crippen molar-refractivity contribution in [3.05, 3.63) is 111 Å². The standard InChI is InChI=1S/C51H76Si/c1-45(2,3)34-25-35(46(4,5)6)29-40(28-34)52(44-24-22-23-43(44)51(19,20)21,41-30-36(47(7,8)9)26-37(31-41)48(10,11)12)42-32-38(49(13,14)15)27-39(33-42)50(16,17)18/h22-23,25-33H,24H2,1-21H3. The summed E-state index contributed by atoms with van der Waals surface area (Å²) in [5.41, 5.74) is 10.1. The Morgan fingerprint density at radius 3 is 0.750 bits per heavy atom. The third-order valence-corrected chi connectivity index (χ3v) is 16.3. The first kappa shape index (κ1) is 42.1. The van der Waals surface area contributed by atoms with E-state index in [-0.39, 0.29) is 37.9 Å². The number of benzene rings is 3. The van der Waals surface area contributed by atoms with Gasteiger partial charge in [0.15, 0.2) is 8.07 Å². The molecule has 0 spiro atoms. The van der Waals surface area contributed by atoms with Gasteiger partial charge in [-0.15, -0.1) is 0 Å². The minimum atomic E-state index is -3.01. The molecule has 1 heteroatoms. The van der Waals surface area contributed by atoms with Gasteiger partial charge in [-0.25, -0.2) is 0 Å². The highest BCUT2D eigenvalue weighted by Crippen LogP contribution is 2.41. The van der Waals surface area contributed by atoms with Crippen molar-refractivity contribution in [3.8, 4) is 0 Å². The van der Waals surface area contributed by atoms with Crippen LogP contribution in [-0.4, -0.2) is 8.07 Å². The number of hydrogen-bond acceptors (Lipinski definition) is 0. The van der Waals surface area contributed by atoms with Crippen LogP contribution in [0.3, 0.4) is 0 Å². The molecule has 0 bridgehead atoms. The van der Waals surface area contributed by atoms with Crippen LogP contribution in [0.5, 0.6) is 0 Å². The van der Waals surface area contributed by atoms with Crippen LogP contribution in [-0.2, 0) is 32.5 Å². The summed E-state index contributed by atoms with van der Waals surface area (Å²) in [4.78, 5) is 0. The molecule has 4 rings (SSSR count). The zero-order chi connectivity index (χ0) is 39.8. The maximum Gasteiger partial charge on any atom is 0.176 e. The predicted molar refractivity (Wildman–Crippen MR) is 236 cm³/mol. The van der Waals surface area contributed by atoms with Crippen molar-refractivity contribution < 1.29 is 0 Å². The summed E-state index contributed by atoms with van der Waals surface area (Å²) in [7, 11) is -3.01. The first-order valence-corrected chi connectivity index (χ1v) is 22.1. The van der Waals surface area contributed by atoms with E-state index < -0.39 is 8.07 Å². The highest BCUT2D eigenvalue weighted by molar-refractivity contribution is 7.16. The molecule has 0 aliphatic heterocycles. The quantitative estimate of drug-likeness (QED) is 0.186. The van der Waals surface area contributed by atoms with Crippen molar-refractivity contribution in [2.75, 3.05) is 0 Å². The molecule has 0 saturated carbocycles. The molecule has 0 fully saturated rings. The summed E-state index contributed by atoms with van der Waals surface area (Å²) in [5, 5.41) is 6.24. The lowest BCUT2D eigenvalue weighted by atomic mass is 9.80. The molecule has 52 heavy (non-hydrogen) atoms. The van der Waals surface area contributed by atoms with E-state index in [0.717, 1.165) is 6.42 Å². The van der Waals surface area contributed by atoms with Crippen LogP contribution in [0.25, 0.3) is 0 Å². The largest absolute Gasteiger partial charge is 0.176 e. The SMILES string of the molecule is CC(C)(C)C1=C([Si](c2cc(C(C)(C)C)cc(C(C)(C)C)c2)(c2cc(C(C)(C)C)cc(C(C)(C)C)c2)c2cc(C(C)(C)C)cc(C(C)(C)C)c2)CC=C1. The smallest absolute Gasteiger partial charge is 0.0805 e. The predicted octanol–water partition coefficient (Wildman–Crippen LogP) is 12.8. The van der Waals surface area contributed by atoms with Crippen LogP contribution < -0.4 is 15.6 Å². The lowest BCUT2D eigenvalue weighted by Crippen LogP contribution is -2.69. The van der Waals surface area contributed by atoms with Gasteiger partial charge >= 0.3 is 0 Å². The van der Waals surface area contributed by atoms with Crippen molar-refractivity contribution in [3.63, 3.8) is 0 Å². The fraction of sp³-hybridized carbons (Fsp3) is 0.569. The molecule has 1 aliphatic carbocycles. The maximum absolute atomic E-state index is 3.01. The Bertz CT molecular complexity index is 1580. The fourth-order valence-electron chi connectivity index (χ4n) is 7.72. The van der Waals surface area contributed by atoms with Gasteiger partial charge < -0.3 is 0 Å². The zero-order valence-electron chi connectivity index (χ0n) is 37.6. The van der Waals surface area contributed by atoms with E-state index in [9.17, 15) is 0 Å². The molecule has 3 aromatic rings. The van der Waals surface area contributed by atoms with E-state index in [4.69, 9.17) is 0 Å². The minimum absolute atomic E-state index is 0.00102. The molecule has 0 atom stereocenters. The first-order chi connectivity index (χ1) is 23.2. The van der Waals surface area contributed by atoms with Gasteiger partial charge in [0, 0.05) is 0 Å². The molecule has 284 valence electrons. The molecular weight excluding hydrogens is 641 g/mol. The number of hydrogen-bond donors (Lipinski definition) is 0. The van der Waals surface area contributed by atoms with E-state index in [0.29, 0.717) is 0 Å². The Morgan fingerprint density at radius 1 is 0.327 bits per heavy atom. The molecule has 0 unspecified atom stereocenters. The average molecular weight is 717 g/mol. The second-order valence-corrected chi connectivity index (χ2v) is 27.2. The molecule has 3 aromatic carbocycles. The number of rotatable bonds is 4. The normalized spacial score (nSPS) is 15.6. The molecular formula is C51H76Si. The van der Waals surface area contributed by atoms with Crippen molar-refractivity contribution in [2.24, 2.45) is 5.41 Å². The molecule has 0 nitrogen and oxygen atoms in total. The van der Waals surface area contributed by atoms with Crippen LogP contribution in [0.2, 0.25) is 0 Å². The highest BCUT2D eigenvalue weighted by atomic mass is 28.3. The van der Waals surface area contributed by atoms with Crippen molar-refractivity contribution >= 4 is 23.6 Å². The Hall–Kier alpha value is -2.64. The molecule has 0 saturated heterocycles. The van der Waals surface area contributed by atoms with Crippen LogP contribution in [0.1, 0.15) is 185 Å². The van der Waals surface area contributed by atoms with E-state index in [1.54, 1.807) is 5.20 Å². The first-order valence-electron chi connectivity index (χ1n) is 20.1. The Labute approximate surface area is 323 Å². The van der Waals surface area contributed by atoms with Crippen LogP contribution in [0, 0.1) is 5.41 Å². The second-order valence-electron chi connectivity index (χ2n) is 23.4. The molecule has 0 N–H and O–H groups in total. The zero-order valence-corrected chi connectivity index (χ0v) is 38.6. The monoisotopic (exact) mass is 717 g/mol. The average Bonchev–Trinajstić information content (AvgIpc) is 3.46. The Morgan fingerprint density at radius 2 is 0.558 bits per heavy atom. The van der Waals surface area contributed by atoms with Crippen LogP contribution >= 0.6 is 0 Å². The van der Waals surface area contributed by atoms with Gasteiger partial charge in [0.05, 0.1) is 0 Å². The summed E-state index contributed by atoms with van der Waals surface area (Å²) in [6.45, 7) is 50.5. The van der Waals surface area contributed by atoms with Gasteiger partial charge in [-0.2, -0.15) is 0 Å². The van der Waals surface area contributed by atoms with Crippen molar-refractivity contribution in [1.29, 1.82) is 0 Å². The van der Waals surface area contributed by atoms with Gasteiger partial charge in [-0.05, 0) is 98.8 Å². The van der Waals surface area contributed by atoms with Gasteiger partial charge in [0.1, 0.15) is 0 Å². The Balaban J connectivity index is 2.53. The van der Waals surface area contributed by atoms with Gasteiger partial charge in [-0.3, -0.25) is 0 Å². The third-order valence-electron chi connectivity index (χ3n) is 11.5. The summed E-state index contributed by atoms with van der Waals surface area (Å²) in [6.07, 6.45) is 5.96. The van der Waals surface area contributed by atoms with E-state index in [2.05, 4.69) is 212 Å². The maximum atomic E-state index is 2.66. The Kier molecular flexibility index (Phi) is 10.8. The van der Waals surface area contributed by atoms with Crippen molar-refractivity contribution in [1.82, 2.24) is 0 Å². The lowest BCUT2D eigenvalue weighted by Gasteiger charge is -2.42. The minimum Gasteiger partial charge on any atom is -0.0805 e. The topological polar surface area (TPSA) is 0 Å². The van der Waals surface area contributed by atoms with Gasteiger partial charge in [0.2, 0.25) is 0 Å². The second kappa shape index (κ2) is 13.3. The summed E-state index contributed by atoms with van der Waals surface area (Å²) >= 11 is 0. The van der Waals surface area contributed by atoms with E-state index >= 15 is 0 Å². The molecule has 0 aromatic heterocycles. The van der Waals surface area contributed by atoms with Gasteiger partial charge in [-0.1, -0.05) is 217 Å².